The number of ether oxygens (including phenoxy) is 2. The van der Waals surface area contributed by atoms with Gasteiger partial charge in [-0.25, -0.2) is 9.50 Å². The van der Waals surface area contributed by atoms with Crippen molar-refractivity contribution in [3.05, 3.63) is 102 Å². The Labute approximate surface area is 243 Å². The maximum atomic E-state index is 12.4. The van der Waals surface area contributed by atoms with Gasteiger partial charge in [0.1, 0.15) is 11.5 Å². The first-order valence-electron chi connectivity index (χ1n) is 14.9. The number of fused-ring (bicyclic) bond motifs is 1. The molecule has 1 aliphatic heterocycles. The van der Waals surface area contributed by atoms with E-state index in [-0.39, 0.29) is 18.2 Å². The van der Waals surface area contributed by atoms with Gasteiger partial charge in [0.05, 0.1) is 30.3 Å². The molecule has 2 aromatic heterocycles. The van der Waals surface area contributed by atoms with E-state index in [0.29, 0.717) is 12.3 Å². The van der Waals surface area contributed by atoms with Gasteiger partial charge in [-0.15, -0.1) is 0 Å². The standard InChI is InChI=1S/C34H42N4O3/c1-4-40-33(39)34(2,3)30-25-38-31(35-30)19-18-28(36-38)17-11-12-22-37-23-20-29(21-24-37)41-32(26-13-7-5-8-14-26)27-15-9-6-10-16-27/h5-10,13-16,18-19,25,29,32H,4,11-12,17,20-24H2,1-3H3. The number of carbonyl (C=O) groups is 1. The number of nitrogens with zero attached hydrogens (tertiary/aromatic N) is 4. The summed E-state index contributed by atoms with van der Waals surface area (Å²) in [4.78, 5) is 19.6. The molecule has 0 spiro atoms. The molecule has 1 aliphatic rings. The molecule has 3 heterocycles. The van der Waals surface area contributed by atoms with Crippen molar-refractivity contribution in [2.75, 3.05) is 26.2 Å². The van der Waals surface area contributed by atoms with Gasteiger partial charge in [-0.3, -0.25) is 4.79 Å². The molecule has 41 heavy (non-hydrogen) atoms. The fourth-order valence-electron chi connectivity index (χ4n) is 5.48. The molecule has 1 fully saturated rings. The molecule has 0 aliphatic carbocycles. The molecule has 0 radical (unpaired) electrons. The molecule has 0 saturated carbocycles. The van der Waals surface area contributed by atoms with Crippen LogP contribution in [0.2, 0.25) is 0 Å². The summed E-state index contributed by atoms with van der Waals surface area (Å²) in [5.74, 6) is -0.272. The summed E-state index contributed by atoms with van der Waals surface area (Å²) in [6, 6.07) is 25.1. The van der Waals surface area contributed by atoms with E-state index in [1.54, 1.807) is 4.52 Å². The van der Waals surface area contributed by atoms with Crippen LogP contribution in [-0.4, -0.2) is 57.8 Å². The Hall–Kier alpha value is -3.55. The highest BCUT2D eigenvalue weighted by molar-refractivity contribution is 5.81. The fourth-order valence-corrected chi connectivity index (χ4v) is 5.48. The molecule has 0 atom stereocenters. The smallest absolute Gasteiger partial charge is 0.317 e. The number of benzene rings is 2. The number of hydrogen-bond donors (Lipinski definition) is 0. The van der Waals surface area contributed by atoms with E-state index in [9.17, 15) is 4.79 Å². The molecule has 0 amide bonds. The molecule has 2 aromatic carbocycles. The number of hydrogen-bond acceptors (Lipinski definition) is 6. The Kier molecular flexibility index (Phi) is 9.47. The summed E-state index contributed by atoms with van der Waals surface area (Å²) in [6.45, 7) is 9.08. The molecule has 7 heteroatoms. The second kappa shape index (κ2) is 13.4. The molecule has 5 rings (SSSR count). The van der Waals surface area contributed by atoms with Crippen LogP contribution in [0.5, 0.6) is 0 Å². The molecular weight excluding hydrogens is 512 g/mol. The van der Waals surface area contributed by atoms with Gasteiger partial charge in [0.25, 0.3) is 0 Å². The summed E-state index contributed by atoms with van der Waals surface area (Å²) >= 11 is 0. The lowest BCUT2D eigenvalue weighted by Gasteiger charge is -2.34. The van der Waals surface area contributed by atoms with Gasteiger partial charge in [0.2, 0.25) is 0 Å². The van der Waals surface area contributed by atoms with Crippen LogP contribution in [0.4, 0.5) is 0 Å². The Bertz CT molecular complexity index is 1360. The van der Waals surface area contributed by atoms with E-state index < -0.39 is 5.41 Å². The molecule has 0 unspecified atom stereocenters. The third-order valence-corrected chi connectivity index (χ3v) is 8.03. The maximum Gasteiger partial charge on any atom is 0.317 e. The predicted octanol–water partition coefficient (Wildman–Crippen LogP) is 6.16. The van der Waals surface area contributed by atoms with Crippen LogP contribution in [0.25, 0.3) is 5.65 Å². The predicted molar refractivity (Wildman–Crippen MR) is 161 cm³/mol. The van der Waals surface area contributed by atoms with Crippen LogP contribution >= 0.6 is 0 Å². The zero-order chi connectivity index (χ0) is 28.7. The van der Waals surface area contributed by atoms with E-state index >= 15 is 0 Å². The highest BCUT2D eigenvalue weighted by Crippen LogP contribution is 2.30. The van der Waals surface area contributed by atoms with Crippen LogP contribution in [0.1, 0.15) is 75.1 Å². The first-order chi connectivity index (χ1) is 19.9. The van der Waals surface area contributed by atoms with Gasteiger partial charge in [0.15, 0.2) is 5.65 Å². The SMILES string of the molecule is CCOC(=O)C(C)(C)c1cn2nc(CCCCN3CCC(OC(c4ccccc4)c4ccccc4)CC3)ccc2n1. The highest BCUT2D eigenvalue weighted by atomic mass is 16.5. The van der Waals surface area contributed by atoms with Gasteiger partial charge >= 0.3 is 5.97 Å². The van der Waals surface area contributed by atoms with Gasteiger partial charge in [0, 0.05) is 13.1 Å². The van der Waals surface area contributed by atoms with Crippen LogP contribution in [0.15, 0.2) is 79.0 Å². The van der Waals surface area contributed by atoms with Crippen LogP contribution in [0.3, 0.4) is 0 Å². The van der Waals surface area contributed by atoms with Crippen molar-refractivity contribution >= 4 is 11.6 Å². The van der Waals surface area contributed by atoms with E-state index in [1.165, 1.54) is 11.1 Å². The monoisotopic (exact) mass is 554 g/mol. The summed E-state index contributed by atoms with van der Waals surface area (Å²) in [5, 5.41) is 4.76. The zero-order valence-electron chi connectivity index (χ0n) is 24.5. The summed E-state index contributed by atoms with van der Waals surface area (Å²) in [5.41, 5.74) is 4.06. The molecule has 1 saturated heterocycles. The van der Waals surface area contributed by atoms with Crippen molar-refractivity contribution in [2.45, 2.75) is 70.5 Å². The third-order valence-electron chi connectivity index (χ3n) is 8.03. The van der Waals surface area contributed by atoms with Crippen LogP contribution < -0.4 is 0 Å². The number of imidazole rings is 1. The van der Waals surface area contributed by atoms with E-state index in [4.69, 9.17) is 14.6 Å². The summed E-state index contributed by atoms with van der Waals surface area (Å²) in [6.07, 6.45) is 7.33. The second-order valence-electron chi connectivity index (χ2n) is 11.4. The van der Waals surface area contributed by atoms with Gasteiger partial charge in [-0.2, -0.15) is 5.10 Å². The minimum absolute atomic E-state index is 0.0263. The van der Waals surface area contributed by atoms with Gasteiger partial charge in [-0.1, -0.05) is 60.7 Å². The third kappa shape index (κ3) is 7.21. The average Bonchev–Trinajstić information content (AvgIpc) is 3.44. The Morgan fingerprint density at radius 1 is 0.951 bits per heavy atom. The van der Waals surface area contributed by atoms with E-state index in [0.717, 1.165) is 63.1 Å². The quantitative estimate of drug-likeness (QED) is 0.154. The number of likely N-dealkylation sites (tertiary alicyclic amines) is 1. The average molecular weight is 555 g/mol. The Balaban J connectivity index is 1.08. The summed E-state index contributed by atoms with van der Waals surface area (Å²) in [7, 11) is 0. The van der Waals surface area contributed by atoms with Crippen LogP contribution in [0, 0.1) is 0 Å². The molecule has 7 nitrogen and oxygen atoms in total. The Morgan fingerprint density at radius 2 is 1.61 bits per heavy atom. The Morgan fingerprint density at radius 3 is 2.24 bits per heavy atom. The second-order valence-corrected chi connectivity index (χ2v) is 11.4. The molecular formula is C34H42N4O3. The first-order valence-corrected chi connectivity index (χ1v) is 14.9. The lowest BCUT2D eigenvalue weighted by Crippen LogP contribution is -2.38. The van der Waals surface area contributed by atoms with Gasteiger partial charge < -0.3 is 14.4 Å². The fraction of sp³-hybridized carbons (Fsp3) is 0.441. The lowest BCUT2D eigenvalue weighted by atomic mass is 9.90. The molecule has 0 N–H and O–H groups in total. The minimum Gasteiger partial charge on any atom is -0.465 e. The highest BCUT2D eigenvalue weighted by Gasteiger charge is 2.34. The molecule has 0 bridgehead atoms. The number of aromatic nitrogens is 3. The molecule has 216 valence electrons. The van der Waals surface area contributed by atoms with Crippen molar-refractivity contribution in [2.24, 2.45) is 0 Å². The first kappa shape index (κ1) is 29.0. The van der Waals surface area contributed by atoms with Crippen molar-refractivity contribution in [3.63, 3.8) is 0 Å². The van der Waals surface area contributed by atoms with E-state index in [2.05, 4.69) is 70.5 Å². The van der Waals surface area contributed by atoms with E-state index in [1.807, 2.05) is 39.1 Å². The van der Waals surface area contributed by atoms with Gasteiger partial charge in [-0.05, 0) is 82.7 Å². The number of esters is 1. The van der Waals surface area contributed by atoms with Crippen molar-refractivity contribution in [3.8, 4) is 0 Å². The largest absolute Gasteiger partial charge is 0.465 e. The topological polar surface area (TPSA) is 69.0 Å². The maximum absolute atomic E-state index is 12.4. The zero-order valence-corrected chi connectivity index (χ0v) is 24.5. The summed E-state index contributed by atoms with van der Waals surface area (Å²) < 4.78 is 13.7. The normalized spacial score (nSPS) is 15.0. The number of carbonyl (C=O) groups excluding carboxylic acids is 1. The molecule has 4 aromatic rings. The number of aryl methyl sites for hydroxylation is 1. The minimum atomic E-state index is -0.813. The van der Waals surface area contributed by atoms with Crippen LogP contribution in [-0.2, 0) is 26.1 Å². The number of rotatable bonds is 12. The number of piperidine rings is 1. The lowest BCUT2D eigenvalue weighted by molar-refractivity contribution is -0.148. The van der Waals surface area contributed by atoms with Crippen molar-refractivity contribution in [1.29, 1.82) is 0 Å². The number of unbranched alkanes of at least 4 members (excludes halogenated alkanes) is 1. The van der Waals surface area contributed by atoms with Crippen molar-refractivity contribution in [1.82, 2.24) is 19.5 Å². The van der Waals surface area contributed by atoms with Crippen molar-refractivity contribution < 1.29 is 14.3 Å².